The molecule has 1 aromatic rings. The molecule has 0 bridgehead atoms. The number of hydrogen-bond acceptors (Lipinski definition) is 3. The molecule has 5 nitrogen and oxygen atoms in total. The van der Waals surface area contributed by atoms with Crippen LogP contribution in [0.5, 0.6) is 5.75 Å². The number of rotatable bonds is 3. The summed E-state index contributed by atoms with van der Waals surface area (Å²) in [6.07, 6.45) is 1.40. The summed E-state index contributed by atoms with van der Waals surface area (Å²) in [5, 5.41) is 3.72. The lowest BCUT2D eigenvalue weighted by atomic mass is 9.94. The summed E-state index contributed by atoms with van der Waals surface area (Å²) in [4.78, 5) is 26.7. The van der Waals surface area contributed by atoms with Crippen LogP contribution in [0.2, 0.25) is 10.0 Å². The van der Waals surface area contributed by atoms with Crippen molar-refractivity contribution in [2.45, 2.75) is 39.7 Å². The average Bonchev–Trinajstić information content (AvgIpc) is 2.55. The molecule has 0 aliphatic carbocycles. The Hall–Kier alpha value is -1.46. The first-order valence-electron chi connectivity index (χ1n) is 8.27. The number of likely N-dealkylation sites (tertiary alicyclic amines) is 1. The van der Waals surface area contributed by atoms with E-state index >= 15 is 0 Å². The summed E-state index contributed by atoms with van der Waals surface area (Å²) in [6.45, 7) is 6.73. The van der Waals surface area contributed by atoms with Crippen molar-refractivity contribution in [1.82, 2.24) is 10.2 Å². The maximum Gasteiger partial charge on any atom is 0.259 e. The molecule has 138 valence electrons. The number of amides is 2. The van der Waals surface area contributed by atoms with Gasteiger partial charge in [-0.05, 0) is 25.0 Å². The highest BCUT2D eigenvalue weighted by Gasteiger charge is 2.30. The van der Waals surface area contributed by atoms with Gasteiger partial charge in [0.05, 0.1) is 17.2 Å². The fraction of sp³-hybridized carbons (Fsp3) is 0.556. The third kappa shape index (κ3) is 4.59. The summed E-state index contributed by atoms with van der Waals surface area (Å²) >= 11 is 12.3. The zero-order valence-electron chi connectivity index (χ0n) is 15.0. The van der Waals surface area contributed by atoms with E-state index in [9.17, 15) is 9.59 Å². The number of methoxy groups -OCH3 is 1. The Morgan fingerprint density at radius 2 is 1.72 bits per heavy atom. The fourth-order valence-electron chi connectivity index (χ4n) is 2.72. The molecule has 1 aliphatic rings. The van der Waals surface area contributed by atoms with Crippen LogP contribution in [-0.2, 0) is 4.79 Å². The van der Waals surface area contributed by atoms with Gasteiger partial charge in [0.1, 0.15) is 5.56 Å². The molecule has 0 saturated carbocycles. The number of benzene rings is 1. The van der Waals surface area contributed by atoms with E-state index in [2.05, 4.69) is 5.32 Å². The molecule has 0 spiro atoms. The SMILES string of the molecule is COc1c(Cl)ccc(Cl)c1C(=O)N1CCC(NC(=O)C(C)(C)C)CC1. The first-order valence-corrected chi connectivity index (χ1v) is 9.03. The Morgan fingerprint density at radius 3 is 2.24 bits per heavy atom. The number of nitrogens with zero attached hydrogens (tertiary/aromatic N) is 1. The van der Waals surface area contributed by atoms with Gasteiger partial charge in [0.15, 0.2) is 5.75 Å². The molecule has 1 heterocycles. The number of ether oxygens (including phenoxy) is 1. The highest BCUT2D eigenvalue weighted by atomic mass is 35.5. The Labute approximate surface area is 158 Å². The van der Waals surface area contributed by atoms with Gasteiger partial charge in [0.25, 0.3) is 5.91 Å². The van der Waals surface area contributed by atoms with Gasteiger partial charge in [-0.25, -0.2) is 0 Å². The number of carbonyl (C=O) groups excluding carboxylic acids is 2. The second-order valence-electron chi connectivity index (χ2n) is 7.23. The maximum absolute atomic E-state index is 12.9. The van der Waals surface area contributed by atoms with E-state index in [4.69, 9.17) is 27.9 Å². The Bertz CT molecular complexity index is 663. The van der Waals surface area contributed by atoms with Crippen molar-refractivity contribution >= 4 is 35.0 Å². The minimum absolute atomic E-state index is 0.0248. The number of nitrogens with one attached hydrogen (secondary N) is 1. The van der Waals surface area contributed by atoms with E-state index in [1.165, 1.54) is 7.11 Å². The van der Waals surface area contributed by atoms with Gasteiger partial charge < -0.3 is 15.0 Å². The first-order chi connectivity index (χ1) is 11.6. The Morgan fingerprint density at radius 1 is 1.16 bits per heavy atom. The molecular weight excluding hydrogens is 363 g/mol. The van der Waals surface area contributed by atoms with Crippen LogP contribution in [0.15, 0.2) is 12.1 Å². The molecule has 7 heteroatoms. The summed E-state index contributed by atoms with van der Waals surface area (Å²) < 4.78 is 5.26. The van der Waals surface area contributed by atoms with E-state index in [1.807, 2.05) is 20.8 Å². The molecule has 1 fully saturated rings. The van der Waals surface area contributed by atoms with Crippen LogP contribution in [0.25, 0.3) is 0 Å². The predicted molar refractivity (Wildman–Crippen MR) is 99.5 cm³/mol. The highest BCUT2D eigenvalue weighted by molar-refractivity contribution is 6.37. The third-order valence-electron chi connectivity index (χ3n) is 4.28. The molecule has 0 atom stereocenters. The predicted octanol–water partition coefficient (Wildman–Crippen LogP) is 3.77. The second kappa shape index (κ2) is 7.83. The van der Waals surface area contributed by atoms with Crippen LogP contribution < -0.4 is 10.1 Å². The van der Waals surface area contributed by atoms with Gasteiger partial charge in [-0.1, -0.05) is 44.0 Å². The van der Waals surface area contributed by atoms with Gasteiger partial charge >= 0.3 is 0 Å². The molecule has 0 radical (unpaired) electrons. The number of piperidine rings is 1. The molecule has 25 heavy (non-hydrogen) atoms. The molecule has 2 amide bonds. The van der Waals surface area contributed by atoms with Crippen LogP contribution >= 0.6 is 23.2 Å². The monoisotopic (exact) mass is 386 g/mol. The minimum atomic E-state index is -0.422. The van der Waals surface area contributed by atoms with Crippen molar-refractivity contribution in [3.8, 4) is 5.75 Å². The molecule has 1 saturated heterocycles. The van der Waals surface area contributed by atoms with E-state index in [1.54, 1.807) is 17.0 Å². The number of hydrogen-bond donors (Lipinski definition) is 1. The number of carbonyl (C=O) groups is 2. The lowest BCUT2D eigenvalue weighted by Gasteiger charge is -2.34. The molecule has 2 rings (SSSR count). The van der Waals surface area contributed by atoms with E-state index in [0.29, 0.717) is 41.7 Å². The zero-order valence-corrected chi connectivity index (χ0v) is 16.5. The van der Waals surface area contributed by atoms with Gasteiger partial charge in [0.2, 0.25) is 5.91 Å². The van der Waals surface area contributed by atoms with Gasteiger partial charge in [0, 0.05) is 24.5 Å². The Balaban J connectivity index is 2.05. The number of halogens is 2. The summed E-state index contributed by atoms with van der Waals surface area (Å²) in [5.41, 5.74) is -0.136. The van der Waals surface area contributed by atoms with Crippen molar-refractivity contribution in [3.05, 3.63) is 27.7 Å². The van der Waals surface area contributed by atoms with Crippen LogP contribution in [0, 0.1) is 5.41 Å². The van der Waals surface area contributed by atoms with Crippen molar-refractivity contribution in [2.75, 3.05) is 20.2 Å². The van der Waals surface area contributed by atoms with Crippen LogP contribution in [0.1, 0.15) is 44.0 Å². The van der Waals surface area contributed by atoms with E-state index < -0.39 is 5.41 Å². The van der Waals surface area contributed by atoms with E-state index in [-0.39, 0.29) is 23.4 Å². The van der Waals surface area contributed by atoms with E-state index in [0.717, 1.165) is 0 Å². The average molecular weight is 387 g/mol. The van der Waals surface area contributed by atoms with Gasteiger partial charge in [-0.3, -0.25) is 9.59 Å². The largest absolute Gasteiger partial charge is 0.494 e. The standard InChI is InChI=1S/C18H24Cl2N2O3/c1-18(2,3)17(24)21-11-7-9-22(10-8-11)16(23)14-12(19)5-6-13(20)15(14)25-4/h5-6,11H,7-10H2,1-4H3,(H,21,24). The Kier molecular flexibility index (Phi) is 6.22. The fourth-order valence-corrected chi connectivity index (χ4v) is 3.18. The van der Waals surface area contributed by atoms with Crippen molar-refractivity contribution < 1.29 is 14.3 Å². The van der Waals surface area contributed by atoms with Crippen LogP contribution in [0.3, 0.4) is 0 Å². The molecule has 1 N–H and O–H groups in total. The van der Waals surface area contributed by atoms with Crippen LogP contribution in [0.4, 0.5) is 0 Å². The molecule has 1 aliphatic heterocycles. The van der Waals surface area contributed by atoms with Gasteiger partial charge in [-0.2, -0.15) is 0 Å². The normalized spacial score (nSPS) is 15.8. The molecule has 0 unspecified atom stereocenters. The second-order valence-corrected chi connectivity index (χ2v) is 8.04. The smallest absolute Gasteiger partial charge is 0.259 e. The first kappa shape index (κ1) is 19.9. The zero-order chi connectivity index (χ0) is 18.8. The molecule has 0 aromatic heterocycles. The van der Waals surface area contributed by atoms with Crippen molar-refractivity contribution in [2.24, 2.45) is 5.41 Å². The summed E-state index contributed by atoms with van der Waals surface area (Å²) in [7, 11) is 1.46. The maximum atomic E-state index is 12.9. The van der Waals surface area contributed by atoms with Gasteiger partial charge in [-0.15, -0.1) is 0 Å². The minimum Gasteiger partial charge on any atom is -0.494 e. The van der Waals surface area contributed by atoms with Crippen molar-refractivity contribution in [1.29, 1.82) is 0 Å². The van der Waals surface area contributed by atoms with Crippen LogP contribution in [-0.4, -0.2) is 43.0 Å². The summed E-state index contributed by atoms with van der Waals surface area (Å²) in [5.74, 6) is 0.115. The third-order valence-corrected chi connectivity index (χ3v) is 4.89. The molecule has 1 aromatic carbocycles. The topological polar surface area (TPSA) is 58.6 Å². The lowest BCUT2D eigenvalue weighted by molar-refractivity contribution is -0.129. The summed E-state index contributed by atoms with van der Waals surface area (Å²) in [6, 6.07) is 3.27. The lowest BCUT2D eigenvalue weighted by Crippen LogP contribution is -2.49. The van der Waals surface area contributed by atoms with Crippen molar-refractivity contribution in [3.63, 3.8) is 0 Å². The quantitative estimate of drug-likeness (QED) is 0.859. The molecular formula is C18H24Cl2N2O3. The highest BCUT2D eigenvalue weighted by Crippen LogP contribution is 2.35.